The van der Waals surface area contributed by atoms with Gasteiger partial charge >= 0.3 is 0 Å². The number of piperazine rings is 1. The van der Waals surface area contributed by atoms with Gasteiger partial charge in [-0.05, 0) is 31.5 Å². The standard InChI is InChI=1S/C19H29N3O6S2/c1-15-12-22(13-16(2)28-15)30(26,27)21-9-7-20(8-10-21)19(23)18-6-4-5-17(11-18)14-29(3,24)25/h4-6,11,15-16H,7-10,12-14H2,1-3H3. The zero-order chi connectivity index (χ0) is 22.1. The lowest BCUT2D eigenvalue weighted by Crippen LogP contribution is -2.57. The van der Waals surface area contributed by atoms with Gasteiger partial charge < -0.3 is 9.64 Å². The molecule has 0 bridgehead atoms. The highest BCUT2D eigenvalue weighted by atomic mass is 32.2. The Morgan fingerprint density at radius 1 is 1.00 bits per heavy atom. The second kappa shape index (κ2) is 8.91. The number of amides is 1. The first kappa shape index (κ1) is 23.1. The van der Waals surface area contributed by atoms with Crippen LogP contribution in [0.15, 0.2) is 24.3 Å². The van der Waals surface area contributed by atoms with Crippen molar-refractivity contribution in [3.8, 4) is 0 Å². The van der Waals surface area contributed by atoms with E-state index in [-0.39, 0.29) is 50.0 Å². The molecular formula is C19H29N3O6S2. The predicted molar refractivity (Wildman–Crippen MR) is 113 cm³/mol. The second-order valence-corrected chi connectivity index (χ2v) is 12.1. The molecule has 0 aliphatic carbocycles. The molecule has 2 atom stereocenters. The normalized spacial score (nSPS) is 24.7. The Morgan fingerprint density at radius 3 is 2.17 bits per heavy atom. The van der Waals surface area contributed by atoms with E-state index in [2.05, 4.69) is 0 Å². The van der Waals surface area contributed by atoms with E-state index in [1.54, 1.807) is 29.2 Å². The van der Waals surface area contributed by atoms with Crippen LogP contribution in [-0.2, 0) is 30.5 Å². The third-order valence-corrected chi connectivity index (χ3v) is 7.99. The molecule has 0 radical (unpaired) electrons. The molecule has 11 heteroatoms. The van der Waals surface area contributed by atoms with Gasteiger partial charge in [-0.25, -0.2) is 8.42 Å². The van der Waals surface area contributed by atoms with Crippen molar-refractivity contribution in [2.45, 2.75) is 31.8 Å². The molecule has 2 heterocycles. The van der Waals surface area contributed by atoms with Gasteiger partial charge in [-0.1, -0.05) is 12.1 Å². The zero-order valence-electron chi connectivity index (χ0n) is 17.5. The molecule has 2 aliphatic rings. The van der Waals surface area contributed by atoms with E-state index in [0.717, 1.165) is 6.26 Å². The van der Waals surface area contributed by atoms with Crippen LogP contribution in [0.4, 0.5) is 0 Å². The average molecular weight is 460 g/mol. The fourth-order valence-corrected chi connectivity index (χ4v) is 6.42. The van der Waals surface area contributed by atoms with E-state index in [0.29, 0.717) is 24.2 Å². The summed E-state index contributed by atoms with van der Waals surface area (Å²) in [7, 11) is -6.81. The number of rotatable bonds is 5. The van der Waals surface area contributed by atoms with Gasteiger partial charge in [-0.15, -0.1) is 0 Å². The van der Waals surface area contributed by atoms with Crippen molar-refractivity contribution >= 4 is 26.0 Å². The number of nitrogens with zero attached hydrogens (tertiary/aromatic N) is 3. The van der Waals surface area contributed by atoms with E-state index in [1.807, 2.05) is 13.8 Å². The van der Waals surface area contributed by atoms with Crippen LogP contribution >= 0.6 is 0 Å². The third kappa shape index (κ3) is 5.58. The van der Waals surface area contributed by atoms with Gasteiger partial charge in [-0.3, -0.25) is 4.79 Å². The van der Waals surface area contributed by atoms with Crippen molar-refractivity contribution in [1.82, 2.24) is 13.5 Å². The lowest BCUT2D eigenvalue weighted by Gasteiger charge is -2.40. The Hall–Kier alpha value is -1.53. The highest BCUT2D eigenvalue weighted by Gasteiger charge is 2.37. The Balaban J connectivity index is 1.64. The summed E-state index contributed by atoms with van der Waals surface area (Å²) < 4.78 is 57.5. The molecule has 3 rings (SSSR count). The summed E-state index contributed by atoms with van der Waals surface area (Å²) in [6.07, 6.45) is 0.827. The molecule has 0 aromatic heterocycles. The van der Waals surface area contributed by atoms with Crippen LogP contribution in [0.3, 0.4) is 0 Å². The van der Waals surface area contributed by atoms with Gasteiger partial charge in [0.25, 0.3) is 16.1 Å². The second-order valence-electron chi connectivity index (χ2n) is 8.04. The van der Waals surface area contributed by atoms with E-state index in [9.17, 15) is 21.6 Å². The smallest absolute Gasteiger partial charge is 0.282 e. The summed E-state index contributed by atoms with van der Waals surface area (Å²) in [5.74, 6) is -0.354. The maximum Gasteiger partial charge on any atom is 0.282 e. The van der Waals surface area contributed by atoms with Crippen LogP contribution in [0.2, 0.25) is 0 Å². The van der Waals surface area contributed by atoms with Gasteiger partial charge in [0.2, 0.25) is 0 Å². The Labute approximate surface area is 178 Å². The molecule has 2 aliphatic heterocycles. The van der Waals surface area contributed by atoms with Crippen molar-refractivity contribution in [2.75, 3.05) is 45.5 Å². The quantitative estimate of drug-likeness (QED) is 0.629. The number of hydrogen-bond donors (Lipinski definition) is 0. The summed E-state index contributed by atoms with van der Waals surface area (Å²) in [6.45, 7) is 5.35. The lowest BCUT2D eigenvalue weighted by atomic mass is 10.1. The Bertz CT molecular complexity index is 977. The van der Waals surface area contributed by atoms with Crippen molar-refractivity contribution in [3.05, 3.63) is 35.4 Å². The minimum absolute atomic E-state index is 0.128. The maximum atomic E-state index is 13.0. The highest BCUT2D eigenvalue weighted by Crippen LogP contribution is 2.20. The Kier molecular flexibility index (Phi) is 6.87. The summed E-state index contributed by atoms with van der Waals surface area (Å²) in [4.78, 5) is 14.5. The molecular weight excluding hydrogens is 430 g/mol. The number of morpholine rings is 1. The maximum absolute atomic E-state index is 13.0. The SMILES string of the molecule is CC1CN(S(=O)(=O)N2CCN(C(=O)c3cccc(CS(C)(=O)=O)c3)CC2)CC(C)O1. The fourth-order valence-electron chi connectivity index (χ4n) is 3.88. The van der Waals surface area contributed by atoms with Crippen molar-refractivity contribution < 1.29 is 26.4 Å². The highest BCUT2D eigenvalue weighted by molar-refractivity contribution is 7.89. The van der Waals surface area contributed by atoms with Crippen molar-refractivity contribution in [3.63, 3.8) is 0 Å². The van der Waals surface area contributed by atoms with Crippen LogP contribution < -0.4 is 0 Å². The topological polar surface area (TPSA) is 104 Å². The van der Waals surface area contributed by atoms with Gasteiger partial charge in [-0.2, -0.15) is 17.0 Å². The Morgan fingerprint density at radius 2 is 1.60 bits per heavy atom. The first-order chi connectivity index (χ1) is 14.0. The van der Waals surface area contributed by atoms with Crippen LogP contribution in [0.1, 0.15) is 29.8 Å². The predicted octanol–water partition coefficient (Wildman–Crippen LogP) is 0.343. The summed E-state index contributed by atoms with van der Waals surface area (Å²) in [5.41, 5.74) is 0.961. The van der Waals surface area contributed by atoms with Crippen LogP contribution in [0.5, 0.6) is 0 Å². The largest absolute Gasteiger partial charge is 0.373 e. The van der Waals surface area contributed by atoms with Gasteiger partial charge in [0.05, 0.1) is 18.0 Å². The molecule has 0 N–H and O–H groups in total. The first-order valence-electron chi connectivity index (χ1n) is 9.92. The molecule has 9 nitrogen and oxygen atoms in total. The summed E-state index contributed by atoms with van der Waals surface area (Å²) in [6, 6.07) is 6.57. The third-order valence-electron chi connectivity index (χ3n) is 5.17. The monoisotopic (exact) mass is 459 g/mol. The molecule has 2 unspecified atom stereocenters. The van der Waals surface area contributed by atoms with Crippen molar-refractivity contribution in [1.29, 1.82) is 0 Å². The summed E-state index contributed by atoms with van der Waals surface area (Å²) in [5, 5.41) is 0. The molecule has 0 saturated carbocycles. The molecule has 0 spiro atoms. The number of carbonyl (C=O) groups is 1. The van der Waals surface area contributed by atoms with Crippen LogP contribution in [-0.4, -0.2) is 94.0 Å². The van der Waals surface area contributed by atoms with Gasteiger partial charge in [0, 0.05) is 51.1 Å². The molecule has 2 fully saturated rings. The summed E-state index contributed by atoms with van der Waals surface area (Å²) >= 11 is 0. The average Bonchev–Trinajstić information content (AvgIpc) is 2.65. The number of hydrogen-bond acceptors (Lipinski definition) is 6. The van der Waals surface area contributed by atoms with E-state index >= 15 is 0 Å². The van der Waals surface area contributed by atoms with Crippen LogP contribution in [0, 0.1) is 0 Å². The number of ether oxygens (including phenoxy) is 1. The minimum Gasteiger partial charge on any atom is -0.373 e. The van der Waals surface area contributed by atoms with Gasteiger partial charge in [0.15, 0.2) is 9.84 Å². The molecule has 1 aromatic carbocycles. The number of carbonyl (C=O) groups excluding carboxylic acids is 1. The molecule has 1 amide bonds. The van der Waals surface area contributed by atoms with E-state index < -0.39 is 20.0 Å². The van der Waals surface area contributed by atoms with Gasteiger partial charge in [0.1, 0.15) is 0 Å². The molecule has 1 aromatic rings. The van der Waals surface area contributed by atoms with Crippen molar-refractivity contribution in [2.24, 2.45) is 0 Å². The van der Waals surface area contributed by atoms with E-state index in [1.165, 1.54) is 8.61 Å². The molecule has 30 heavy (non-hydrogen) atoms. The lowest BCUT2D eigenvalue weighted by molar-refractivity contribution is -0.0457. The minimum atomic E-state index is -3.61. The fraction of sp³-hybridized carbons (Fsp3) is 0.632. The van der Waals surface area contributed by atoms with E-state index in [4.69, 9.17) is 4.74 Å². The molecule has 2 saturated heterocycles. The number of benzene rings is 1. The first-order valence-corrected chi connectivity index (χ1v) is 13.4. The number of sulfone groups is 1. The van der Waals surface area contributed by atoms with Crippen LogP contribution in [0.25, 0.3) is 0 Å². The molecule has 168 valence electrons. The zero-order valence-corrected chi connectivity index (χ0v) is 19.2.